The second-order valence-electron chi connectivity index (χ2n) is 3.69. The Balaban J connectivity index is 2.51. The number of hydrogen-bond acceptors (Lipinski definition) is 4. The number of nitrogens with one attached hydrogen (secondary N) is 2. The molecule has 0 unspecified atom stereocenters. The van der Waals surface area contributed by atoms with Crippen molar-refractivity contribution in [3.63, 3.8) is 0 Å². The van der Waals surface area contributed by atoms with E-state index in [4.69, 9.17) is 11.6 Å². The fourth-order valence-electron chi connectivity index (χ4n) is 1.22. The molecule has 20 heavy (non-hydrogen) atoms. The van der Waals surface area contributed by atoms with Gasteiger partial charge in [0.25, 0.3) is 0 Å². The second-order valence-corrected chi connectivity index (χ2v) is 4.09. The number of pyridine rings is 1. The molecule has 5 nitrogen and oxygen atoms in total. The summed E-state index contributed by atoms with van der Waals surface area (Å²) in [4.78, 5) is 19.4. The Morgan fingerprint density at radius 2 is 2.20 bits per heavy atom. The van der Waals surface area contributed by atoms with Gasteiger partial charge < -0.3 is 5.32 Å². The van der Waals surface area contributed by atoms with Crippen molar-refractivity contribution in [3.8, 4) is 0 Å². The third kappa shape index (κ3) is 5.22. The maximum atomic E-state index is 12.4. The average molecular weight is 312 g/mol. The third-order valence-corrected chi connectivity index (χ3v) is 2.43. The zero-order chi connectivity index (χ0) is 15.2. The smallest absolute Gasteiger partial charge is 0.368 e. The van der Waals surface area contributed by atoms with Crippen LogP contribution in [0.1, 0.15) is 18.9 Å². The summed E-state index contributed by atoms with van der Waals surface area (Å²) in [6, 6.07) is 0.775. The van der Waals surface area contributed by atoms with Gasteiger partial charge in [-0.3, -0.25) is 9.63 Å². The fourth-order valence-corrected chi connectivity index (χ4v) is 1.45. The van der Waals surface area contributed by atoms with Gasteiger partial charge in [-0.25, -0.2) is 10.5 Å². The quantitative estimate of drug-likeness (QED) is 0.793. The molecule has 1 rings (SSSR count). The molecule has 9 heteroatoms. The first-order chi connectivity index (χ1) is 9.34. The van der Waals surface area contributed by atoms with Gasteiger partial charge in [0.05, 0.1) is 17.2 Å². The lowest BCUT2D eigenvalue weighted by molar-refractivity contribution is -0.137. The van der Waals surface area contributed by atoms with Crippen LogP contribution in [0.4, 0.5) is 19.0 Å². The average Bonchev–Trinajstić information content (AvgIpc) is 2.37. The predicted octanol–water partition coefficient (Wildman–Crippen LogP) is 2.62. The van der Waals surface area contributed by atoms with Crippen LogP contribution in [0.2, 0.25) is 5.02 Å². The molecule has 0 atom stereocenters. The molecule has 1 aromatic rings. The summed E-state index contributed by atoms with van der Waals surface area (Å²) in [7, 11) is 0. The van der Waals surface area contributed by atoms with Crippen LogP contribution in [0.25, 0.3) is 0 Å². The SMILES string of the molecule is CCONC(=O)CCNc1ncc(C(F)(F)F)cc1Cl. The van der Waals surface area contributed by atoms with Crippen molar-refractivity contribution >= 4 is 23.3 Å². The molecule has 0 spiro atoms. The molecule has 2 N–H and O–H groups in total. The minimum Gasteiger partial charge on any atom is -0.368 e. The minimum absolute atomic E-state index is 0.0685. The predicted molar refractivity (Wildman–Crippen MR) is 67.1 cm³/mol. The first kappa shape index (κ1) is 16.5. The minimum atomic E-state index is -4.49. The van der Waals surface area contributed by atoms with E-state index in [0.717, 1.165) is 6.07 Å². The Hall–Kier alpha value is -1.54. The summed E-state index contributed by atoms with van der Waals surface area (Å²) in [6.45, 7) is 2.22. The van der Waals surface area contributed by atoms with Gasteiger partial charge >= 0.3 is 6.18 Å². The lowest BCUT2D eigenvalue weighted by atomic mass is 10.2. The largest absolute Gasteiger partial charge is 0.417 e. The van der Waals surface area contributed by atoms with E-state index in [1.807, 2.05) is 0 Å². The molecule has 0 aliphatic heterocycles. The van der Waals surface area contributed by atoms with Crippen LogP contribution in [0.15, 0.2) is 12.3 Å². The molecule has 1 aromatic heterocycles. The van der Waals surface area contributed by atoms with Gasteiger partial charge in [0.15, 0.2) is 0 Å². The van der Waals surface area contributed by atoms with Crippen LogP contribution in [0.5, 0.6) is 0 Å². The van der Waals surface area contributed by atoms with Crippen molar-refractivity contribution in [2.45, 2.75) is 19.5 Å². The van der Waals surface area contributed by atoms with E-state index in [-0.39, 0.29) is 29.7 Å². The Morgan fingerprint density at radius 1 is 1.50 bits per heavy atom. The van der Waals surface area contributed by atoms with Crippen LogP contribution < -0.4 is 10.8 Å². The van der Waals surface area contributed by atoms with E-state index in [1.54, 1.807) is 6.92 Å². The highest BCUT2D eigenvalue weighted by Crippen LogP contribution is 2.32. The standard InChI is InChI=1S/C11H13ClF3N3O2/c1-2-20-18-9(19)3-4-16-10-8(12)5-7(6-17-10)11(13,14)15/h5-6H,2-4H2,1H3,(H,16,17)(H,18,19). The summed E-state index contributed by atoms with van der Waals surface area (Å²) < 4.78 is 37.2. The normalized spacial score (nSPS) is 11.2. The van der Waals surface area contributed by atoms with Crippen LogP contribution in [-0.2, 0) is 15.8 Å². The molecule has 1 heterocycles. The van der Waals surface area contributed by atoms with Gasteiger partial charge in [-0.05, 0) is 13.0 Å². The molecule has 112 valence electrons. The molecule has 0 fully saturated rings. The summed E-state index contributed by atoms with van der Waals surface area (Å²) in [5.74, 6) is -0.272. The Kier molecular flexibility index (Phi) is 6.03. The first-order valence-electron chi connectivity index (χ1n) is 5.71. The van der Waals surface area contributed by atoms with Gasteiger partial charge in [-0.1, -0.05) is 11.6 Å². The molecule has 0 aliphatic rings. The van der Waals surface area contributed by atoms with Crippen molar-refractivity contribution in [2.24, 2.45) is 0 Å². The highest BCUT2D eigenvalue weighted by Gasteiger charge is 2.31. The van der Waals surface area contributed by atoms with Gasteiger partial charge in [-0.2, -0.15) is 13.2 Å². The molecule has 1 amide bonds. The number of carbonyl (C=O) groups excluding carboxylic acids is 1. The maximum Gasteiger partial charge on any atom is 0.417 e. The number of aromatic nitrogens is 1. The number of anilines is 1. The number of rotatable bonds is 6. The van der Waals surface area contributed by atoms with E-state index in [1.165, 1.54) is 0 Å². The maximum absolute atomic E-state index is 12.4. The van der Waals surface area contributed by atoms with Crippen molar-refractivity contribution < 1.29 is 22.8 Å². The molecule has 0 aromatic carbocycles. The number of nitrogens with zero attached hydrogens (tertiary/aromatic N) is 1. The molecule has 0 saturated carbocycles. The monoisotopic (exact) mass is 311 g/mol. The van der Waals surface area contributed by atoms with E-state index in [9.17, 15) is 18.0 Å². The molecular formula is C11H13ClF3N3O2. The molecule has 0 radical (unpaired) electrons. The van der Waals surface area contributed by atoms with Crippen LogP contribution >= 0.6 is 11.6 Å². The van der Waals surface area contributed by atoms with Crippen molar-refractivity contribution in [2.75, 3.05) is 18.5 Å². The fraction of sp³-hybridized carbons (Fsp3) is 0.455. The van der Waals surface area contributed by atoms with E-state index < -0.39 is 11.7 Å². The summed E-state index contributed by atoms with van der Waals surface area (Å²) in [5, 5.41) is 2.51. The van der Waals surface area contributed by atoms with Gasteiger partial charge in [-0.15, -0.1) is 0 Å². The lowest BCUT2D eigenvalue weighted by Gasteiger charge is -2.10. The van der Waals surface area contributed by atoms with Gasteiger partial charge in [0.2, 0.25) is 5.91 Å². The van der Waals surface area contributed by atoms with Crippen LogP contribution in [0.3, 0.4) is 0 Å². The topological polar surface area (TPSA) is 63.2 Å². The Labute approximate surface area is 118 Å². The van der Waals surface area contributed by atoms with Crippen molar-refractivity contribution in [1.29, 1.82) is 0 Å². The number of hydrogen-bond donors (Lipinski definition) is 2. The third-order valence-electron chi connectivity index (χ3n) is 2.14. The number of halogens is 4. The Morgan fingerprint density at radius 3 is 2.75 bits per heavy atom. The highest BCUT2D eigenvalue weighted by atomic mass is 35.5. The number of carbonyl (C=O) groups is 1. The zero-order valence-corrected chi connectivity index (χ0v) is 11.3. The van der Waals surface area contributed by atoms with Gasteiger partial charge in [0, 0.05) is 19.2 Å². The van der Waals surface area contributed by atoms with Crippen LogP contribution in [-0.4, -0.2) is 24.0 Å². The van der Waals surface area contributed by atoms with E-state index in [2.05, 4.69) is 20.6 Å². The first-order valence-corrected chi connectivity index (χ1v) is 6.09. The molecular weight excluding hydrogens is 299 g/mol. The number of alkyl halides is 3. The van der Waals surface area contributed by atoms with E-state index in [0.29, 0.717) is 12.8 Å². The lowest BCUT2D eigenvalue weighted by Crippen LogP contribution is -2.25. The Bertz CT molecular complexity index is 469. The van der Waals surface area contributed by atoms with Crippen molar-refractivity contribution in [3.05, 3.63) is 22.8 Å². The summed E-state index contributed by atoms with van der Waals surface area (Å²) in [5.41, 5.74) is 1.25. The number of hydroxylamine groups is 1. The number of amides is 1. The summed E-state index contributed by atoms with van der Waals surface area (Å²) in [6.07, 6.45) is -3.75. The van der Waals surface area contributed by atoms with E-state index >= 15 is 0 Å². The summed E-state index contributed by atoms with van der Waals surface area (Å²) >= 11 is 5.68. The molecule has 0 saturated heterocycles. The van der Waals surface area contributed by atoms with Gasteiger partial charge in [0.1, 0.15) is 5.82 Å². The highest BCUT2D eigenvalue weighted by molar-refractivity contribution is 6.32. The van der Waals surface area contributed by atoms with Crippen molar-refractivity contribution in [1.82, 2.24) is 10.5 Å². The second kappa shape index (κ2) is 7.30. The molecule has 0 bridgehead atoms. The van der Waals surface area contributed by atoms with Crippen LogP contribution in [0, 0.1) is 0 Å². The molecule has 0 aliphatic carbocycles. The zero-order valence-electron chi connectivity index (χ0n) is 10.6.